The van der Waals surface area contributed by atoms with Gasteiger partial charge in [0.2, 0.25) is 0 Å². The molecular weight excluding hydrogens is 260 g/mol. The summed E-state index contributed by atoms with van der Waals surface area (Å²) in [4.78, 5) is 24.5. The molecule has 0 aliphatic carbocycles. The molecule has 0 saturated heterocycles. The van der Waals surface area contributed by atoms with Gasteiger partial charge in [0.25, 0.3) is 11.6 Å². The van der Waals surface area contributed by atoms with Gasteiger partial charge in [-0.3, -0.25) is 14.9 Å². The number of benzene rings is 1. The zero-order valence-electron chi connectivity index (χ0n) is 10.8. The third-order valence-electron chi connectivity index (χ3n) is 3.48. The standard InChI is InChI=1S/C14H12N2O4/c1-9-6-11-7-12(16(18)19)2-3-13(11)15(9)14(17)10-4-5-20-8-10/h2-5,7-9H,6H2,1H3/t9-/m1/s1. The minimum atomic E-state index is -0.425. The molecule has 6 heteroatoms. The molecular formula is C14H12N2O4. The summed E-state index contributed by atoms with van der Waals surface area (Å²) in [6, 6.07) is 6.17. The Morgan fingerprint density at radius 1 is 1.45 bits per heavy atom. The van der Waals surface area contributed by atoms with Gasteiger partial charge in [-0.15, -0.1) is 0 Å². The lowest BCUT2D eigenvalue weighted by molar-refractivity contribution is -0.384. The molecule has 1 aliphatic heterocycles. The van der Waals surface area contributed by atoms with Crippen LogP contribution in [0.25, 0.3) is 0 Å². The van der Waals surface area contributed by atoms with E-state index in [2.05, 4.69) is 0 Å². The fourth-order valence-corrected chi connectivity index (χ4v) is 2.57. The SMILES string of the molecule is C[C@@H]1Cc2cc([N+](=O)[O-])ccc2N1C(=O)c1ccoc1. The molecule has 1 aliphatic rings. The lowest BCUT2D eigenvalue weighted by Gasteiger charge is -2.21. The summed E-state index contributed by atoms with van der Waals surface area (Å²) in [6.07, 6.45) is 3.46. The van der Waals surface area contributed by atoms with Crippen molar-refractivity contribution < 1.29 is 14.1 Å². The molecule has 1 amide bonds. The maximum Gasteiger partial charge on any atom is 0.269 e. The number of fused-ring (bicyclic) bond motifs is 1. The van der Waals surface area contributed by atoms with Gasteiger partial charge in [-0.1, -0.05) is 0 Å². The van der Waals surface area contributed by atoms with Crippen LogP contribution in [0.15, 0.2) is 41.2 Å². The van der Waals surface area contributed by atoms with Crippen LogP contribution in [-0.4, -0.2) is 16.9 Å². The van der Waals surface area contributed by atoms with Crippen molar-refractivity contribution in [1.82, 2.24) is 0 Å². The summed E-state index contributed by atoms with van der Waals surface area (Å²) in [5.41, 5.74) is 2.08. The number of non-ortho nitro benzene ring substituents is 1. The number of anilines is 1. The predicted molar refractivity (Wildman–Crippen MR) is 71.8 cm³/mol. The smallest absolute Gasteiger partial charge is 0.269 e. The molecule has 2 aromatic rings. The Morgan fingerprint density at radius 2 is 2.25 bits per heavy atom. The van der Waals surface area contributed by atoms with Gasteiger partial charge < -0.3 is 9.32 Å². The molecule has 6 nitrogen and oxygen atoms in total. The first-order chi connectivity index (χ1) is 9.58. The molecule has 1 aromatic heterocycles. The quantitative estimate of drug-likeness (QED) is 0.622. The zero-order chi connectivity index (χ0) is 14.3. The molecule has 2 heterocycles. The normalized spacial score (nSPS) is 17.1. The first kappa shape index (κ1) is 12.4. The molecule has 1 atom stereocenters. The van der Waals surface area contributed by atoms with E-state index in [-0.39, 0.29) is 17.6 Å². The van der Waals surface area contributed by atoms with Crippen LogP contribution < -0.4 is 4.90 Å². The molecule has 3 rings (SSSR count). The van der Waals surface area contributed by atoms with Crippen molar-refractivity contribution in [3.63, 3.8) is 0 Å². The highest BCUT2D eigenvalue weighted by Crippen LogP contribution is 2.35. The first-order valence-corrected chi connectivity index (χ1v) is 6.21. The van der Waals surface area contributed by atoms with Gasteiger partial charge in [0.15, 0.2) is 0 Å². The summed E-state index contributed by atoms with van der Waals surface area (Å²) in [5.74, 6) is -0.154. The van der Waals surface area contributed by atoms with Crippen molar-refractivity contribution in [3.8, 4) is 0 Å². The summed E-state index contributed by atoms with van der Waals surface area (Å²) < 4.78 is 4.93. The molecule has 0 bridgehead atoms. The number of hydrogen-bond donors (Lipinski definition) is 0. The van der Waals surface area contributed by atoms with Crippen LogP contribution in [0.1, 0.15) is 22.8 Å². The van der Waals surface area contributed by atoms with E-state index in [1.807, 2.05) is 6.92 Å². The number of nitro benzene ring substituents is 1. The summed E-state index contributed by atoms with van der Waals surface area (Å²) in [6.45, 7) is 1.92. The van der Waals surface area contributed by atoms with Crippen LogP contribution in [0.2, 0.25) is 0 Å². The predicted octanol–water partition coefficient (Wildman–Crippen LogP) is 2.78. The van der Waals surface area contributed by atoms with E-state index in [1.165, 1.54) is 24.7 Å². The van der Waals surface area contributed by atoms with Crippen molar-refractivity contribution in [2.75, 3.05) is 4.90 Å². The molecule has 0 radical (unpaired) electrons. The molecule has 0 unspecified atom stereocenters. The van der Waals surface area contributed by atoms with E-state index < -0.39 is 4.92 Å². The molecule has 0 fully saturated rings. The van der Waals surface area contributed by atoms with Crippen LogP contribution >= 0.6 is 0 Å². The van der Waals surface area contributed by atoms with E-state index in [9.17, 15) is 14.9 Å². The second-order valence-electron chi connectivity index (χ2n) is 4.81. The second-order valence-corrected chi connectivity index (χ2v) is 4.81. The summed E-state index contributed by atoms with van der Waals surface area (Å²) in [5, 5.41) is 10.8. The average molecular weight is 272 g/mol. The Hall–Kier alpha value is -2.63. The molecule has 20 heavy (non-hydrogen) atoms. The molecule has 1 aromatic carbocycles. The second kappa shape index (κ2) is 4.48. The number of carbonyl (C=O) groups excluding carboxylic acids is 1. The maximum absolute atomic E-state index is 12.4. The molecule has 0 saturated carbocycles. The first-order valence-electron chi connectivity index (χ1n) is 6.21. The number of amides is 1. The Labute approximate surface area is 114 Å². The summed E-state index contributed by atoms with van der Waals surface area (Å²) in [7, 11) is 0. The fraction of sp³-hybridized carbons (Fsp3) is 0.214. The van der Waals surface area contributed by atoms with Crippen LogP contribution in [-0.2, 0) is 6.42 Å². The van der Waals surface area contributed by atoms with E-state index in [0.717, 1.165) is 11.3 Å². The number of nitro groups is 1. The van der Waals surface area contributed by atoms with Crippen molar-refractivity contribution in [2.45, 2.75) is 19.4 Å². The van der Waals surface area contributed by atoms with Crippen LogP contribution in [0.5, 0.6) is 0 Å². The molecule has 0 spiro atoms. The van der Waals surface area contributed by atoms with Crippen molar-refractivity contribution in [1.29, 1.82) is 0 Å². The fourth-order valence-electron chi connectivity index (χ4n) is 2.57. The van der Waals surface area contributed by atoms with Gasteiger partial charge >= 0.3 is 0 Å². The van der Waals surface area contributed by atoms with Crippen LogP contribution in [0.4, 0.5) is 11.4 Å². The van der Waals surface area contributed by atoms with Crippen molar-refractivity contribution in [2.24, 2.45) is 0 Å². The Bertz CT molecular complexity index is 678. The van der Waals surface area contributed by atoms with Crippen molar-refractivity contribution >= 4 is 17.3 Å². The van der Waals surface area contributed by atoms with Gasteiger partial charge in [-0.05, 0) is 31.0 Å². The minimum absolute atomic E-state index is 0.0330. The number of rotatable bonds is 2. The number of carbonyl (C=O) groups is 1. The third-order valence-corrected chi connectivity index (χ3v) is 3.48. The maximum atomic E-state index is 12.4. The minimum Gasteiger partial charge on any atom is -0.472 e. The highest BCUT2D eigenvalue weighted by Gasteiger charge is 2.32. The van der Waals surface area contributed by atoms with E-state index in [4.69, 9.17) is 4.42 Å². The zero-order valence-corrected chi connectivity index (χ0v) is 10.8. The third kappa shape index (κ3) is 1.85. The van der Waals surface area contributed by atoms with Crippen LogP contribution in [0, 0.1) is 10.1 Å². The van der Waals surface area contributed by atoms with E-state index >= 15 is 0 Å². The van der Waals surface area contributed by atoms with Gasteiger partial charge in [0, 0.05) is 23.9 Å². The number of nitrogens with zero attached hydrogens (tertiary/aromatic N) is 2. The largest absolute Gasteiger partial charge is 0.472 e. The highest BCUT2D eigenvalue weighted by molar-refractivity contribution is 6.07. The van der Waals surface area contributed by atoms with Gasteiger partial charge in [-0.2, -0.15) is 0 Å². The summed E-state index contributed by atoms with van der Waals surface area (Å²) >= 11 is 0. The van der Waals surface area contributed by atoms with Crippen molar-refractivity contribution in [3.05, 3.63) is 58.0 Å². The van der Waals surface area contributed by atoms with E-state index in [0.29, 0.717) is 12.0 Å². The Morgan fingerprint density at radius 3 is 2.90 bits per heavy atom. The number of hydrogen-bond acceptors (Lipinski definition) is 4. The van der Waals surface area contributed by atoms with Crippen LogP contribution in [0.3, 0.4) is 0 Å². The average Bonchev–Trinajstić information content (AvgIpc) is 3.03. The van der Waals surface area contributed by atoms with E-state index in [1.54, 1.807) is 17.0 Å². The molecule has 0 N–H and O–H groups in total. The van der Waals surface area contributed by atoms with Gasteiger partial charge in [-0.25, -0.2) is 0 Å². The van der Waals surface area contributed by atoms with Gasteiger partial charge in [0.1, 0.15) is 6.26 Å². The van der Waals surface area contributed by atoms with Gasteiger partial charge in [0.05, 0.1) is 16.7 Å². The Balaban J connectivity index is 2.00. The lowest BCUT2D eigenvalue weighted by atomic mass is 10.1. The Kier molecular flexibility index (Phi) is 2.78. The molecule has 102 valence electrons. The number of furan rings is 1. The monoisotopic (exact) mass is 272 g/mol. The highest BCUT2D eigenvalue weighted by atomic mass is 16.6. The lowest BCUT2D eigenvalue weighted by Crippen LogP contribution is -2.35. The topological polar surface area (TPSA) is 76.6 Å².